The Hall–Kier alpha value is -1.40. The molecule has 1 aromatic carbocycles. The van der Waals surface area contributed by atoms with Gasteiger partial charge in [0.15, 0.2) is 0 Å². The summed E-state index contributed by atoms with van der Waals surface area (Å²) in [6.07, 6.45) is 17.1. The van der Waals surface area contributed by atoms with Crippen molar-refractivity contribution in [2.75, 3.05) is 23.1 Å². The molecule has 4 nitrogen and oxygen atoms in total. The predicted octanol–water partition coefficient (Wildman–Crippen LogP) is 7.91. The number of nitrogen functional groups attached to an aromatic ring is 1. The van der Waals surface area contributed by atoms with Crippen LogP contribution in [0.3, 0.4) is 0 Å². The molecule has 32 heavy (non-hydrogen) atoms. The van der Waals surface area contributed by atoms with E-state index in [1.807, 2.05) is 36.2 Å². The van der Waals surface area contributed by atoms with E-state index in [-0.39, 0.29) is 11.2 Å². The molecule has 1 aromatic heterocycles. The number of nitrogens with two attached hydrogens (primary N) is 1. The highest BCUT2D eigenvalue weighted by Gasteiger charge is 2.21. The first-order valence-electron chi connectivity index (χ1n) is 12.3. The number of nitrogens with one attached hydrogen (secondary N) is 1. The van der Waals surface area contributed by atoms with E-state index in [9.17, 15) is 4.79 Å². The van der Waals surface area contributed by atoms with Gasteiger partial charge in [0.2, 0.25) is 5.91 Å². The second-order valence-corrected chi connectivity index (χ2v) is 10.6. The number of carbonyl (C=O) groups is 1. The molecule has 0 aliphatic heterocycles. The van der Waals surface area contributed by atoms with Gasteiger partial charge in [0.1, 0.15) is 0 Å². The van der Waals surface area contributed by atoms with Crippen LogP contribution in [0.1, 0.15) is 84.5 Å². The SMILES string of the molecule is CCCCCCCCC(SCCCCCC)C(=O)Nc1c(SC)cc(N)c2ncccc12. The minimum atomic E-state index is -0.0122. The number of benzene rings is 1. The van der Waals surface area contributed by atoms with E-state index in [4.69, 9.17) is 5.73 Å². The molecule has 2 aromatic rings. The topological polar surface area (TPSA) is 68.0 Å². The molecular formula is C26H41N3OS2. The highest BCUT2D eigenvalue weighted by Crippen LogP contribution is 2.36. The van der Waals surface area contributed by atoms with E-state index in [1.54, 1.807) is 18.0 Å². The number of pyridine rings is 1. The summed E-state index contributed by atoms with van der Waals surface area (Å²) in [6, 6.07) is 5.82. The Morgan fingerprint density at radius 2 is 1.75 bits per heavy atom. The number of hydrogen-bond donors (Lipinski definition) is 2. The monoisotopic (exact) mass is 475 g/mol. The number of anilines is 2. The van der Waals surface area contributed by atoms with Crippen LogP contribution in [0.25, 0.3) is 10.9 Å². The van der Waals surface area contributed by atoms with E-state index in [1.165, 1.54) is 57.8 Å². The van der Waals surface area contributed by atoms with Gasteiger partial charge in [0.25, 0.3) is 0 Å². The lowest BCUT2D eigenvalue weighted by molar-refractivity contribution is -0.115. The van der Waals surface area contributed by atoms with Gasteiger partial charge in [0.05, 0.1) is 22.1 Å². The molecule has 0 spiro atoms. The molecule has 1 heterocycles. The highest BCUT2D eigenvalue weighted by atomic mass is 32.2. The molecule has 1 atom stereocenters. The van der Waals surface area contributed by atoms with Crippen molar-refractivity contribution in [3.63, 3.8) is 0 Å². The van der Waals surface area contributed by atoms with Gasteiger partial charge in [-0.2, -0.15) is 0 Å². The minimum absolute atomic E-state index is 0.0122. The number of amides is 1. The van der Waals surface area contributed by atoms with Crippen LogP contribution in [-0.2, 0) is 4.79 Å². The van der Waals surface area contributed by atoms with Crippen molar-refractivity contribution in [1.82, 2.24) is 4.98 Å². The van der Waals surface area contributed by atoms with Crippen molar-refractivity contribution < 1.29 is 4.79 Å². The van der Waals surface area contributed by atoms with Crippen LogP contribution in [0, 0.1) is 0 Å². The van der Waals surface area contributed by atoms with E-state index in [0.29, 0.717) is 5.69 Å². The van der Waals surface area contributed by atoms with Gasteiger partial charge in [-0.1, -0.05) is 71.6 Å². The molecule has 6 heteroatoms. The number of thioether (sulfide) groups is 2. The average Bonchev–Trinajstić information content (AvgIpc) is 2.81. The first kappa shape index (κ1) is 26.8. The second-order valence-electron chi connectivity index (χ2n) is 8.41. The molecular weight excluding hydrogens is 434 g/mol. The molecule has 0 saturated heterocycles. The molecule has 1 amide bonds. The van der Waals surface area contributed by atoms with Crippen LogP contribution in [0.2, 0.25) is 0 Å². The smallest absolute Gasteiger partial charge is 0.237 e. The maximum absolute atomic E-state index is 13.4. The van der Waals surface area contributed by atoms with Gasteiger partial charge in [-0.25, -0.2) is 0 Å². The summed E-state index contributed by atoms with van der Waals surface area (Å²) < 4.78 is 0. The number of aromatic nitrogens is 1. The summed E-state index contributed by atoms with van der Waals surface area (Å²) in [5.74, 6) is 1.16. The number of rotatable bonds is 16. The van der Waals surface area contributed by atoms with Crippen LogP contribution >= 0.6 is 23.5 Å². The van der Waals surface area contributed by atoms with Crippen molar-refractivity contribution in [3.8, 4) is 0 Å². The van der Waals surface area contributed by atoms with E-state index < -0.39 is 0 Å². The molecule has 0 fully saturated rings. The molecule has 2 rings (SSSR count). The summed E-state index contributed by atoms with van der Waals surface area (Å²) in [7, 11) is 0. The lowest BCUT2D eigenvalue weighted by atomic mass is 10.1. The highest BCUT2D eigenvalue weighted by molar-refractivity contribution is 8.00. The first-order valence-corrected chi connectivity index (χ1v) is 14.5. The zero-order valence-corrected chi connectivity index (χ0v) is 21.8. The van der Waals surface area contributed by atoms with Crippen LogP contribution in [0.15, 0.2) is 29.3 Å². The van der Waals surface area contributed by atoms with Gasteiger partial charge in [-0.05, 0) is 43.0 Å². The molecule has 0 aliphatic rings. The van der Waals surface area contributed by atoms with Gasteiger partial charge in [0, 0.05) is 16.5 Å². The van der Waals surface area contributed by atoms with Crippen molar-refractivity contribution >= 4 is 51.7 Å². The third-order valence-corrected chi connectivity index (χ3v) is 7.92. The van der Waals surface area contributed by atoms with E-state index >= 15 is 0 Å². The summed E-state index contributed by atoms with van der Waals surface area (Å²) in [5, 5.41) is 4.17. The Kier molecular flexibility index (Phi) is 13.0. The average molecular weight is 476 g/mol. The quantitative estimate of drug-likeness (QED) is 0.147. The van der Waals surface area contributed by atoms with E-state index in [2.05, 4.69) is 24.1 Å². The van der Waals surface area contributed by atoms with Gasteiger partial charge < -0.3 is 11.1 Å². The van der Waals surface area contributed by atoms with Gasteiger partial charge in [-0.15, -0.1) is 23.5 Å². The molecule has 0 bridgehead atoms. The predicted molar refractivity (Wildman–Crippen MR) is 145 cm³/mol. The van der Waals surface area contributed by atoms with Crippen molar-refractivity contribution in [3.05, 3.63) is 24.4 Å². The summed E-state index contributed by atoms with van der Waals surface area (Å²) >= 11 is 3.44. The Balaban J connectivity index is 2.09. The maximum Gasteiger partial charge on any atom is 0.237 e. The van der Waals surface area contributed by atoms with Crippen LogP contribution in [0.4, 0.5) is 11.4 Å². The fourth-order valence-electron chi connectivity index (χ4n) is 3.90. The molecule has 0 aliphatic carbocycles. The van der Waals surface area contributed by atoms with Crippen molar-refractivity contribution in [1.29, 1.82) is 0 Å². The number of hydrogen-bond acceptors (Lipinski definition) is 5. The largest absolute Gasteiger partial charge is 0.397 e. The lowest BCUT2D eigenvalue weighted by Crippen LogP contribution is -2.26. The first-order chi connectivity index (χ1) is 15.6. The second kappa shape index (κ2) is 15.4. The van der Waals surface area contributed by atoms with Crippen LogP contribution in [-0.4, -0.2) is 28.1 Å². The summed E-state index contributed by atoms with van der Waals surface area (Å²) in [4.78, 5) is 18.8. The molecule has 3 N–H and O–H groups in total. The Morgan fingerprint density at radius 3 is 2.47 bits per heavy atom. The van der Waals surface area contributed by atoms with Crippen LogP contribution in [0.5, 0.6) is 0 Å². The summed E-state index contributed by atoms with van der Waals surface area (Å²) in [5.41, 5.74) is 8.47. The van der Waals surface area contributed by atoms with Gasteiger partial charge in [-0.3, -0.25) is 9.78 Å². The molecule has 1 unspecified atom stereocenters. The van der Waals surface area contributed by atoms with E-state index in [0.717, 1.165) is 40.1 Å². The Labute approximate surface area is 203 Å². The maximum atomic E-state index is 13.4. The molecule has 0 radical (unpaired) electrons. The molecule has 0 saturated carbocycles. The zero-order valence-electron chi connectivity index (χ0n) is 20.1. The standard InChI is InChI=1S/C26H41N3OS2/c1-4-6-8-10-11-12-16-22(32-18-13-9-7-5-2)26(30)29-25-20-15-14-17-28-24(20)21(27)19-23(25)31-3/h14-15,17,19,22H,4-13,16,18,27H2,1-3H3,(H,29,30). The number of nitrogens with zero attached hydrogens (tertiary/aromatic N) is 1. The summed E-state index contributed by atoms with van der Waals surface area (Å²) in [6.45, 7) is 4.48. The van der Waals surface area contributed by atoms with Crippen LogP contribution < -0.4 is 11.1 Å². The van der Waals surface area contributed by atoms with Crippen molar-refractivity contribution in [2.45, 2.75) is 94.6 Å². The number of carbonyl (C=O) groups excluding carboxylic acids is 1. The molecule has 178 valence electrons. The minimum Gasteiger partial charge on any atom is -0.397 e. The van der Waals surface area contributed by atoms with Gasteiger partial charge >= 0.3 is 0 Å². The zero-order chi connectivity index (χ0) is 23.2. The normalized spacial score (nSPS) is 12.2. The third kappa shape index (κ3) is 8.51. The lowest BCUT2D eigenvalue weighted by Gasteiger charge is -2.19. The Morgan fingerprint density at radius 1 is 1.06 bits per heavy atom. The third-order valence-electron chi connectivity index (χ3n) is 5.78. The Bertz CT molecular complexity index is 828. The fraction of sp³-hybridized carbons (Fsp3) is 0.615. The van der Waals surface area contributed by atoms with Crippen molar-refractivity contribution in [2.24, 2.45) is 0 Å². The number of unbranched alkanes of at least 4 members (excludes halogenated alkanes) is 8. The number of fused-ring (bicyclic) bond motifs is 1. The fourth-order valence-corrected chi connectivity index (χ4v) is 5.71.